The number of hydrogen-bond acceptors (Lipinski definition) is 3. The third-order valence-corrected chi connectivity index (χ3v) is 4.04. The molecule has 0 radical (unpaired) electrons. The van der Waals surface area contributed by atoms with Gasteiger partial charge in [-0.15, -0.1) is 0 Å². The molecule has 3 rings (SSSR count). The Bertz CT molecular complexity index is 652. The largest absolute Gasteiger partial charge is 0.497 e. The van der Waals surface area contributed by atoms with Crippen molar-refractivity contribution in [2.45, 2.75) is 26.6 Å². The lowest BCUT2D eigenvalue weighted by Gasteiger charge is -2.17. The number of rotatable bonds is 4. The molecule has 0 atom stereocenters. The Hall–Kier alpha value is -2.00. The van der Waals surface area contributed by atoms with E-state index in [0.717, 1.165) is 31.1 Å². The zero-order chi connectivity index (χ0) is 14.8. The molecule has 21 heavy (non-hydrogen) atoms. The van der Waals surface area contributed by atoms with E-state index >= 15 is 0 Å². The van der Waals surface area contributed by atoms with Gasteiger partial charge in [0.05, 0.1) is 14.2 Å². The van der Waals surface area contributed by atoms with Crippen LogP contribution in [0.15, 0.2) is 36.4 Å². The van der Waals surface area contributed by atoms with Crippen LogP contribution in [0.25, 0.3) is 0 Å². The summed E-state index contributed by atoms with van der Waals surface area (Å²) in [7, 11) is 3.38. The van der Waals surface area contributed by atoms with Gasteiger partial charge in [-0.1, -0.05) is 29.8 Å². The van der Waals surface area contributed by atoms with Crippen LogP contribution in [0, 0.1) is 6.92 Å². The molecule has 110 valence electrons. The van der Waals surface area contributed by atoms with E-state index in [0.29, 0.717) is 0 Å². The summed E-state index contributed by atoms with van der Waals surface area (Å²) >= 11 is 0. The first kappa shape index (κ1) is 14.0. The quantitative estimate of drug-likeness (QED) is 0.857. The van der Waals surface area contributed by atoms with Crippen molar-refractivity contribution in [1.82, 2.24) is 4.90 Å². The predicted octanol–water partition coefficient (Wildman–Crippen LogP) is 3.53. The number of fused-ring (bicyclic) bond motifs is 1. The SMILES string of the molecule is COc1ccc(CN2Cc3ccc(C)cc3C2)c(OC)c1. The lowest BCUT2D eigenvalue weighted by molar-refractivity contribution is 0.269. The molecule has 2 aromatic carbocycles. The fourth-order valence-corrected chi connectivity index (χ4v) is 2.93. The minimum Gasteiger partial charge on any atom is -0.497 e. The Balaban J connectivity index is 1.77. The lowest BCUT2D eigenvalue weighted by Crippen LogP contribution is -2.16. The number of methoxy groups -OCH3 is 2. The van der Waals surface area contributed by atoms with Crippen LogP contribution in [-0.4, -0.2) is 19.1 Å². The Kier molecular flexibility index (Phi) is 3.84. The third-order valence-electron chi connectivity index (χ3n) is 4.04. The van der Waals surface area contributed by atoms with Crippen LogP contribution in [0.2, 0.25) is 0 Å². The summed E-state index contributed by atoms with van der Waals surface area (Å²) in [6, 6.07) is 12.8. The molecule has 1 heterocycles. The molecule has 0 saturated carbocycles. The molecule has 0 aromatic heterocycles. The van der Waals surface area contributed by atoms with Crippen molar-refractivity contribution < 1.29 is 9.47 Å². The zero-order valence-corrected chi connectivity index (χ0v) is 12.8. The molecule has 0 amide bonds. The average molecular weight is 283 g/mol. The highest BCUT2D eigenvalue weighted by Crippen LogP contribution is 2.29. The lowest BCUT2D eigenvalue weighted by atomic mass is 10.1. The van der Waals surface area contributed by atoms with Crippen molar-refractivity contribution in [2.24, 2.45) is 0 Å². The maximum absolute atomic E-state index is 5.49. The van der Waals surface area contributed by atoms with E-state index in [4.69, 9.17) is 9.47 Å². The van der Waals surface area contributed by atoms with Gasteiger partial charge in [-0.2, -0.15) is 0 Å². The maximum atomic E-state index is 5.49. The summed E-state index contributed by atoms with van der Waals surface area (Å²) in [6.45, 7) is 5.05. The summed E-state index contributed by atoms with van der Waals surface area (Å²) in [5, 5.41) is 0. The highest BCUT2D eigenvalue weighted by atomic mass is 16.5. The van der Waals surface area contributed by atoms with E-state index in [1.807, 2.05) is 12.1 Å². The molecular weight excluding hydrogens is 262 g/mol. The number of benzene rings is 2. The molecule has 2 aromatic rings. The molecule has 0 unspecified atom stereocenters. The van der Waals surface area contributed by atoms with Gasteiger partial charge in [0, 0.05) is 31.3 Å². The van der Waals surface area contributed by atoms with Crippen LogP contribution in [0.5, 0.6) is 11.5 Å². The smallest absolute Gasteiger partial charge is 0.127 e. The van der Waals surface area contributed by atoms with Crippen molar-refractivity contribution in [1.29, 1.82) is 0 Å². The topological polar surface area (TPSA) is 21.7 Å². The van der Waals surface area contributed by atoms with Gasteiger partial charge in [0.25, 0.3) is 0 Å². The second kappa shape index (κ2) is 5.78. The van der Waals surface area contributed by atoms with Gasteiger partial charge in [-0.05, 0) is 24.1 Å². The second-order valence-electron chi connectivity index (χ2n) is 5.60. The van der Waals surface area contributed by atoms with Crippen LogP contribution < -0.4 is 9.47 Å². The van der Waals surface area contributed by atoms with E-state index in [1.54, 1.807) is 14.2 Å². The first-order valence-corrected chi connectivity index (χ1v) is 7.21. The third kappa shape index (κ3) is 2.88. The normalized spacial score (nSPS) is 14.0. The van der Waals surface area contributed by atoms with E-state index in [1.165, 1.54) is 22.3 Å². The minimum atomic E-state index is 0.830. The average Bonchev–Trinajstić information content (AvgIpc) is 2.89. The molecule has 0 aliphatic carbocycles. The van der Waals surface area contributed by atoms with Crippen molar-refractivity contribution in [2.75, 3.05) is 14.2 Å². The summed E-state index contributed by atoms with van der Waals surface area (Å²) in [5.74, 6) is 1.72. The molecule has 3 heteroatoms. The van der Waals surface area contributed by atoms with Gasteiger partial charge in [0.15, 0.2) is 0 Å². The molecule has 3 nitrogen and oxygen atoms in total. The number of ether oxygens (including phenoxy) is 2. The first-order valence-electron chi connectivity index (χ1n) is 7.21. The van der Waals surface area contributed by atoms with Crippen LogP contribution in [0.4, 0.5) is 0 Å². The van der Waals surface area contributed by atoms with Crippen LogP contribution >= 0.6 is 0 Å². The summed E-state index contributed by atoms with van der Waals surface area (Å²) in [6.07, 6.45) is 0. The number of nitrogens with zero attached hydrogens (tertiary/aromatic N) is 1. The second-order valence-corrected chi connectivity index (χ2v) is 5.60. The standard InChI is InChI=1S/C18H21NO2/c1-13-4-5-14-10-19(12-16(14)8-13)11-15-6-7-17(20-2)9-18(15)21-3/h4-9H,10-12H2,1-3H3. The van der Waals surface area contributed by atoms with Gasteiger partial charge in [0.1, 0.15) is 11.5 Å². The fraction of sp³-hybridized carbons (Fsp3) is 0.333. The molecule has 0 bridgehead atoms. The minimum absolute atomic E-state index is 0.830. The molecule has 0 N–H and O–H groups in total. The molecule has 0 saturated heterocycles. The van der Waals surface area contributed by atoms with E-state index < -0.39 is 0 Å². The highest BCUT2D eigenvalue weighted by molar-refractivity contribution is 5.41. The Morgan fingerprint density at radius 1 is 0.952 bits per heavy atom. The Morgan fingerprint density at radius 3 is 2.52 bits per heavy atom. The van der Waals surface area contributed by atoms with Crippen molar-refractivity contribution in [3.05, 3.63) is 58.7 Å². The first-order chi connectivity index (χ1) is 10.2. The van der Waals surface area contributed by atoms with Crippen molar-refractivity contribution >= 4 is 0 Å². The van der Waals surface area contributed by atoms with Gasteiger partial charge in [-0.3, -0.25) is 4.90 Å². The number of hydrogen-bond donors (Lipinski definition) is 0. The van der Waals surface area contributed by atoms with Crippen LogP contribution in [0.3, 0.4) is 0 Å². The van der Waals surface area contributed by atoms with Crippen molar-refractivity contribution in [3.8, 4) is 11.5 Å². The molecule has 0 spiro atoms. The molecule has 1 aliphatic rings. The van der Waals surface area contributed by atoms with Crippen molar-refractivity contribution in [3.63, 3.8) is 0 Å². The van der Waals surface area contributed by atoms with Gasteiger partial charge in [-0.25, -0.2) is 0 Å². The molecule has 0 fully saturated rings. The van der Waals surface area contributed by atoms with Gasteiger partial charge >= 0.3 is 0 Å². The van der Waals surface area contributed by atoms with Crippen LogP contribution in [-0.2, 0) is 19.6 Å². The number of aryl methyl sites for hydroxylation is 1. The van der Waals surface area contributed by atoms with E-state index in [2.05, 4.69) is 36.1 Å². The Morgan fingerprint density at radius 2 is 1.76 bits per heavy atom. The maximum Gasteiger partial charge on any atom is 0.127 e. The summed E-state index contributed by atoms with van der Waals surface area (Å²) in [4.78, 5) is 2.44. The summed E-state index contributed by atoms with van der Waals surface area (Å²) < 4.78 is 10.7. The van der Waals surface area contributed by atoms with E-state index in [9.17, 15) is 0 Å². The highest BCUT2D eigenvalue weighted by Gasteiger charge is 2.20. The van der Waals surface area contributed by atoms with E-state index in [-0.39, 0.29) is 0 Å². The Labute approximate surface area is 126 Å². The monoisotopic (exact) mass is 283 g/mol. The van der Waals surface area contributed by atoms with Crippen LogP contribution in [0.1, 0.15) is 22.3 Å². The summed E-state index contributed by atoms with van der Waals surface area (Å²) in [5.41, 5.74) is 5.41. The molecule has 1 aliphatic heterocycles. The predicted molar refractivity (Wildman–Crippen MR) is 83.7 cm³/mol. The van der Waals surface area contributed by atoms with Gasteiger partial charge in [0.2, 0.25) is 0 Å². The zero-order valence-electron chi connectivity index (χ0n) is 12.8. The molecular formula is C18H21NO2. The van der Waals surface area contributed by atoms with Gasteiger partial charge < -0.3 is 9.47 Å². The fourth-order valence-electron chi connectivity index (χ4n) is 2.93.